The molecule has 2 aromatic rings. The molecule has 0 saturated heterocycles. The quantitative estimate of drug-likeness (QED) is 0.709. The Morgan fingerprint density at radius 3 is 2.46 bits per heavy atom. The Labute approximate surface area is 149 Å². The largest absolute Gasteiger partial charge is 0.478 e. The highest BCUT2D eigenvalue weighted by Gasteiger charge is 2.35. The number of rotatable bonds is 2. The van der Waals surface area contributed by atoms with Gasteiger partial charge in [-0.05, 0) is 30.9 Å². The number of fused-ring (bicyclic) bond motifs is 3. The molecule has 0 saturated carbocycles. The van der Waals surface area contributed by atoms with Crippen molar-refractivity contribution in [2.75, 3.05) is 0 Å². The fourth-order valence-electron chi connectivity index (χ4n) is 3.87. The molecule has 0 bridgehead atoms. The lowest BCUT2D eigenvalue weighted by Gasteiger charge is -2.31. The Morgan fingerprint density at radius 2 is 1.81 bits per heavy atom. The Morgan fingerprint density at radius 1 is 1.15 bits per heavy atom. The molecule has 2 atom stereocenters. The molecular formula is C19H20N2O5. The fourth-order valence-corrected chi connectivity index (χ4v) is 3.87. The Kier molecular flexibility index (Phi) is 4.90. The number of aromatic nitrogens is 1. The Hall–Kier alpha value is -2.93. The number of benzene rings is 1. The molecule has 4 rings (SSSR count). The van der Waals surface area contributed by atoms with E-state index in [1.165, 1.54) is 16.6 Å². The van der Waals surface area contributed by atoms with E-state index in [9.17, 15) is 14.4 Å². The van der Waals surface area contributed by atoms with E-state index < -0.39 is 11.9 Å². The zero-order valence-corrected chi connectivity index (χ0v) is 14.1. The summed E-state index contributed by atoms with van der Waals surface area (Å²) in [5.74, 6) is -1.78. The highest BCUT2D eigenvalue weighted by Crippen LogP contribution is 2.42. The molecule has 0 fully saturated rings. The van der Waals surface area contributed by atoms with Gasteiger partial charge in [0.2, 0.25) is 5.91 Å². The van der Waals surface area contributed by atoms with E-state index in [-0.39, 0.29) is 11.9 Å². The molecule has 26 heavy (non-hydrogen) atoms. The lowest BCUT2D eigenvalue weighted by atomic mass is 9.80. The van der Waals surface area contributed by atoms with Crippen molar-refractivity contribution in [3.8, 4) is 0 Å². The summed E-state index contributed by atoms with van der Waals surface area (Å²) in [6.45, 7) is 0. The van der Waals surface area contributed by atoms with Crippen molar-refractivity contribution < 1.29 is 24.6 Å². The van der Waals surface area contributed by atoms with E-state index in [0.29, 0.717) is 24.5 Å². The van der Waals surface area contributed by atoms with Crippen LogP contribution in [0.4, 0.5) is 0 Å². The van der Waals surface area contributed by atoms with E-state index in [1.807, 2.05) is 16.7 Å². The van der Waals surface area contributed by atoms with Crippen molar-refractivity contribution in [2.45, 2.75) is 37.6 Å². The summed E-state index contributed by atoms with van der Waals surface area (Å²) in [5, 5.41) is 16.8. The molecule has 0 radical (unpaired) electrons. The van der Waals surface area contributed by atoms with Gasteiger partial charge >= 0.3 is 11.9 Å². The summed E-state index contributed by atoms with van der Waals surface area (Å²) in [4.78, 5) is 31.3. The van der Waals surface area contributed by atoms with E-state index >= 15 is 0 Å². The lowest BCUT2D eigenvalue weighted by Crippen LogP contribution is -2.34. The molecule has 0 spiro atoms. The standard InChI is InChI=1S/C15H16N2O.C4H4O4/c16-10-7-9-5-6-14(18)17-13-4-2-1-3-11(13)12(8-10)15(9)17;5-3(6)1-2-4(7)8/h1-4,9-10H,5-8,16H2;1-2H,(H,5,6)(H,7,8)/b;2-1+/t9-,10-;/m0./s1. The zero-order chi connectivity index (χ0) is 18.8. The summed E-state index contributed by atoms with van der Waals surface area (Å²) in [7, 11) is 0. The van der Waals surface area contributed by atoms with E-state index in [4.69, 9.17) is 15.9 Å². The molecule has 1 aromatic carbocycles. The number of nitrogens with two attached hydrogens (primary N) is 1. The maximum Gasteiger partial charge on any atom is 0.328 e. The lowest BCUT2D eigenvalue weighted by molar-refractivity contribution is -0.134. The Bertz CT molecular complexity index is 896. The van der Waals surface area contributed by atoms with Gasteiger partial charge in [0.1, 0.15) is 0 Å². The van der Waals surface area contributed by atoms with Crippen LogP contribution in [0.5, 0.6) is 0 Å². The molecule has 0 amide bonds. The topological polar surface area (TPSA) is 123 Å². The third kappa shape index (κ3) is 3.39. The van der Waals surface area contributed by atoms with E-state index in [0.717, 1.165) is 24.8 Å². The van der Waals surface area contributed by atoms with Gasteiger partial charge in [-0.1, -0.05) is 18.2 Å². The Balaban J connectivity index is 0.000000211. The van der Waals surface area contributed by atoms with Gasteiger partial charge < -0.3 is 15.9 Å². The predicted molar refractivity (Wildman–Crippen MR) is 95.2 cm³/mol. The summed E-state index contributed by atoms with van der Waals surface area (Å²) in [5.41, 5.74) is 9.84. The van der Waals surface area contributed by atoms with Crippen LogP contribution in [-0.2, 0) is 16.0 Å². The maximum atomic E-state index is 12.2. The molecule has 2 aliphatic rings. The van der Waals surface area contributed by atoms with Gasteiger partial charge in [0.05, 0.1) is 5.52 Å². The minimum absolute atomic E-state index is 0.245. The summed E-state index contributed by atoms with van der Waals surface area (Å²) in [6, 6.07) is 8.48. The number of carbonyl (C=O) groups is 3. The van der Waals surface area contributed by atoms with Gasteiger partial charge in [0, 0.05) is 41.6 Å². The minimum Gasteiger partial charge on any atom is -0.478 e. The molecule has 136 valence electrons. The first-order chi connectivity index (χ1) is 12.4. The second-order valence-electron chi connectivity index (χ2n) is 6.56. The van der Waals surface area contributed by atoms with Crippen LogP contribution in [0.25, 0.3) is 10.9 Å². The van der Waals surface area contributed by atoms with Crippen LogP contribution < -0.4 is 5.73 Å². The molecular weight excluding hydrogens is 336 g/mol. The van der Waals surface area contributed by atoms with E-state index in [1.54, 1.807) is 0 Å². The normalized spacial score (nSPS) is 21.2. The molecule has 7 nitrogen and oxygen atoms in total. The highest BCUT2D eigenvalue weighted by atomic mass is 16.4. The van der Waals surface area contributed by atoms with Crippen LogP contribution in [0, 0.1) is 0 Å². The number of carboxylic acids is 2. The highest BCUT2D eigenvalue weighted by molar-refractivity contribution is 5.97. The van der Waals surface area contributed by atoms with Crippen LogP contribution >= 0.6 is 0 Å². The van der Waals surface area contributed by atoms with E-state index in [2.05, 4.69) is 12.1 Å². The molecule has 7 heteroatoms. The average Bonchev–Trinajstić information content (AvgIpc) is 2.93. The summed E-state index contributed by atoms with van der Waals surface area (Å²) in [6.07, 6.45) is 4.67. The van der Waals surface area contributed by atoms with Crippen molar-refractivity contribution >= 4 is 28.7 Å². The van der Waals surface area contributed by atoms with Gasteiger partial charge in [-0.2, -0.15) is 0 Å². The van der Waals surface area contributed by atoms with Crippen LogP contribution in [0.15, 0.2) is 36.4 Å². The number of hydrogen-bond acceptors (Lipinski definition) is 4. The number of carbonyl (C=O) groups excluding carboxylic acids is 1. The summed E-state index contributed by atoms with van der Waals surface area (Å²) < 4.78 is 1.96. The molecule has 1 aromatic heterocycles. The first-order valence-corrected chi connectivity index (χ1v) is 8.43. The van der Waals surface area contributed by atoms with Crippen molar-refractivity contribution in [2.24, 2.45) is 5.73 Å². The second kappa shape index (κ2) is 7.13. The van der Waals surface area contributed by atoms with Gasteiger partial charge in [0.25, 0.3) is 0 Å². The average molecular weight is 356 g/mol. The van der Waals surface area contributed by atoms with Gasteiger partial charge in [0.15, 0.2) is 0 Å². The molecule has 1 aliphatic heterocycles. The fraction of sp³-hybridized carbons (Fsp3) is 0.316. The van der Waals surface area contributed by atoms with Crippen LogP contribution in [0.3, 0.4) is 0 Å². The SMILES string of the molecule is N[C@@H]1Cc2c3n(c4ccccc24)C(=O)CC[C@H]3C1.O=C(O)/C=C/C(=O)O. The van der Waals surface area contributed by atoms with Crippen LogP contribution in [0.2, 0.25) is 0 Å². The number of para-hydroxylation sites is 1. The van der Waals surface area contributed by atoms with Crippen LogP contribution in [0.1, 0.15) is 41.2 Å². The maximum absolute atomic E-state index is 12.2. The van der Waals surface area contributed by atoms with Crippen LogP contribution in [-0.4, -0.2) is 38.7 Å². The smallest absolute Gasteiger partial charge is 0.328 e. The first-order valence-electron chi connectivity index (χ1n) is 8.43. The third-order valence-corrected chi connectivity index (χ3v) is 4.78. The van der Waals surface area contributed by atoms with Gasteiger partial charge in [-0.15, -0.1) is 0 Å². The predicted octanol–water partition coefficient (Wildman–Crippen LogP) is 2.14. The molecule has 4 N–H and O–H groups in total. The van der Waals surface area contributed by atoms with Gasteiger partial charge in [-0.25, -0.2) is 9.59 Å². The number of nitrogens with zero attached hydrogens (tertiary/aromatic N) is 1. The molecule has 0 unspecified atom stereocenters. The monoisotopic (exact) mass is 356 g/mol. The number of aliphatic carboxylic acids is 2. The second-order valence-corrected chi connectivity index (χ2v) is 6.56. The van der Waals surface area contributed by atoms with Gasteiger partial charge in [-0.3, -0.25) is 9.36 Å². The molecule has 2 heterocycles. The molecule has 1 aliphatic carbocycles. The summed E-state index contributed by atoms with van der Waals surface area (Å²) >= 11 is 0. The third-order valence-electron chi connectivity index (χ3n) is 4.78. The van der Waals surface area contributed by atoms with Crippen molar-refractivity contribution in [3.05, 3.63) is 47.7 Å². The van der Waals surface area contributed by atoms with Crippen molar-refractivity contribution in [3.63, 3.8) is 0 Å². The minimum atomic E-state index is -1.26. The number of carboxylic acid groups (broad SMARTS) is 2. The van der Waals surface area contributed by atoms with Crippen molar-refractivity contribution in [1.82, 2.24) is 4.57 Å². The first kappa shape index (κ1) is 17.9. The zero-order valence-electron chi connectivity index (χ0n) is 14.1. The number of hydrogen-bond donors (Lipinski definition) is 3. The van der Waals surface area contributed by atoms with Crippen molar-refractivity contribution in [1.29, 1.82) is 0 Å².